The fourth-order valence-electron chi connectivity index (χ4n) is 2.29. The van der Waals surface area contributed by atoms with Crippen LogP contribution in [0.15, 0.2) is 51.4 Å². The van der Waals surface area contributed by atoms with Crippen LogP contribution in [-0.4, -0.2) is 20.3 Å². The van der Waals surface area contributed by atoms with Gasteiger partial charge >= 0.3 is 0 Å². The zero-order chi connectivity index (χ0) is 18.1. The molecule has 0 fully saturated rings. The lowest BCUT2D eigenvalue weighted by Gasteiger charge is -1.95. The SMILES string of the molecule is Fc1ccc(-c2noc(Cc3nnc(-c4cc(F)cc(F)c4)o3)n2)cc1. The second-order valence-corrected chi connectivity index (χ2v) is 5.35. The van der Waals surface area contributed by atoms with Gasteiger partial charge in [0.05, 0.1) is 0 Å². The molecule has 4 rings (SSSR count). The molecule has 130 valence electrons. The van der Waals surface area contributed by atoms with E-state index in [-0.39, 0.29) is 41.3 Å². The van der Waals surface area contributed by atoms with Gasteiger partial charge in [0, 0.05) is 17.2 Å². The van der Waals surface area contributed by atoms with Crippen molar-refractivity contribution in [3.63, 3.8) is 0 Å². The first-order chi connectivity index (χ1) is 12.6. The summed E-state index contributed by atoms with van der Waals surface area (Å²) in [4.78, 5) is 4.17. The van der Waals surface area contributed by atoms with E-state index in [1.165, 1.54) is 24.3 Å². The van der Waals surface area contributed by atoms with Gasteiger partial charge < -0.3 is 8.94 Å². The van der Waals surface area contributed by atoms with Gasteiger partial charge in [0.15, 0.2) is 0 Å². The number of hydrogen-bond acceptors (Lipinski definition) is 6. The lowest BCUT2D eigenvalue weighted by atomic mass is 10.2. The highest BCUT2D eigenvalue weighted by atomic mass is 19.1. The number of halogens is 3. The minimum Gasteiger partial charge on any atom is -0.420 e. The van der Waals surface area contributed by atoms with E-state index in [0.717, 1.165) is 18.2 Å². The van der Waals surface area contributed by atoms with Crippen molar-refractivity contribution in [2.45, 2.75) is 6.42 Å². The second kappa shape index (κ2) is 6.43. The molecule has 0 radical (unpaired) electrons. The van der Waals surface area contributed by atoms with E-state index < -0.39 is 11.6 Å². The Bertz CT molecular complexity index is 1040. The van der Waals surface area contributed by atoms with Crippen molar-refractivity contribution in [1.82, 2.24) is 20.3 Å². The Balaban J connectivity index is 1.53. The third-order valence-corrected chi connectivity index (χ3v) is 3.45. The van der Waals surface area contributed by atoms with Crippen LogP contribution in [0.4, 0.5) is 13.2 Å². The van der Waals surface area contributed by atoms with Gasteiger partial charge in [-0.1, -0.05) is 5.16 Å². The molecule has 0 spiro atoms. The quantitative estimate of drug-likeness (QED) is 0.552. The van der Waals surface area contributed by atoms with Gasteiger partial charge in [0.1, 0.15) is 23.9 Å². The monoisotopic (exact) mass is 358 g/mol. The summed E-state index contributed by atoms with van der Waals surface area (Å²) in [5.74, 6) is -1.28. The molecule has 0 unspecified atom stereocenters. The molecule has 6 nitrogen and oxygen atoms in total. The van der Waals surface area contributed by atoms with Gasteiger partial charge in [0.2, 0.25) is 23.5 Å². The summed E-state index contributed by atoms with van der Waals surface area (Å²) in [6.07, 6.45) is 0.0407. The average Bonchev–Trinajstić information content (AvgIpc) is 3.25. The number of rotatable bonds is 4. The van der Waals surface area contributed by atoms with E-state index in [1.54, 1.807) is 0 Å². The van der Waals surface area contributed by atoms with Crippen LogP contribution in [0.5, 0.6) is 0 Å². The molecule has 0 saturated heterocycles. The molecule has 2 heterocycles. The van der Waals surface area contributed by atoms with Gasteiger partial charge in [-0.2, -0.15) is 4.98 Å². The zero-order valence-electron chi connectivity index (χ0n) is 13.0. The summed E-state index contributed by atoms with van der Waals surface area (Å²) in [5, 5.41) is 11.4. The first-order valence-corrected chi connectivity index (χ1v) is 7.44. The third kappa shape index (κ3) is 3.32. The molecule has 0 bridgehead atoms. The van der Waals surface area contributed by atoms with E-state index in [0.29, 0.717) is 5.56 Å². The number of aromatic nitrogens is 4. The van der Waals surface area contributed by atoms with Crippen LogP contribution in [0, 0.1) is 17.5 Å². The minimum atomic E-state index is -0.749. The van der Waals surface area contributed by atoms with Crippen molar-refractivity contribution < 1.29 is 22.1 Å². The molecule has 0 N–H and O–H groups in total. The summed E-state index contributed by atoms with van der Waals surface area (Å²) in [6, 6.07) is 8.53. The Labute approximate surface area is 144 Å². The Morgan fingerprint density at radius 1 is 0.769 bits per heavy atom. The van der Waals surface area contributed by atoms with E-state index in [2.05, 4.69) is 20.3 Å². The Hall–Kier alpha value is -3.49. The molecule has 0 atom stereocenters. The third-order valence-electron chi connectivity index (χ3n) is 3.45. The highest BCUT2D eigenvalue weighted by Gasteiger charge is 2.15. The van der Waals surface area contributed by atoms with Crippen molar-refractivity contribution in [3.05, 3.63) is 71.7 Å². The van der Waals surface area contributed by atoms with Crippen LogP contribution < -0.4 is 0 Å². The van der Waals surface area contributed by atoms with E-state index >= 15 is 0 Å². The number of hydrogen-bond donors (Lipinski definition) is 0. The van der Waals surface area contributed by atoms with Crippen LogP contribution in [-0.2, 0) is 6.42 Å². The van der Waals surface area contributed by atoms with Crippen LogP contribution in [0.3, 0.4) is 0 Å². The lowest BCUT2D eigenvalue weighted by molar-refractivity contribution is 0.374. The molecule has 2 aromatic heterocycles. The van der Waals surface area contributed by atoms with Gasteiger partial charge in [-0.05, 0) is 36.4 Å². The predicted molar refractivity (Wildman–Crippen MR) is 82.1 cm³/mol. The summed E-state index contributed by atoms with van der Waals surface area (Å²) >= 11 is 0. The van der Waals surface area contributed by atoms with Crippen molar-refractivity contribution in [2.24, 2.45) is 0 Å². The molecular weight excluding hydrogens is 349 g/mol. The highest BCUT2D eigenvalue weighted by Crippen LogP contribution is 2.22. The maximum Gasteiger partial charge on any atom is 0.247 e. The van der Waals surface area contributed by atoms with Crippen LogP contribution in [0.1, 0.15) is 11.8 Å². The molecule has 26 heavy (non-hydrogen) atoms. The van der Waals surface area contributed by atoms with Crippen LogP contribution in [0.25, 0.3) is 22.8 Å². The summed E-state index contributed by atoms with van der Waals surface area (Å²) in [7, 11) is 0. The average molecular weight is 358 g/mol. The molecular formula is C17H9F3N4O2. The molecule has 0 amide bonds. The summed E-state index contributed by atoms with van der Waals surface area (Å²) in [5.41, 5.74) is 0.710. The summed E-state index contributed by atoms with van der Waals surface area (Å²) in [6.45, 7) is 0. The minimum absolute atomic E-state index is 0.0309. The van der Waals surface area contributed by atoms with Crippen molar-refractivity contribution in [2.75, 3.05) is 0 Å². The number of nitrogens with zero attached hydrogens (tertiary/aromatic N) is 4. The lowest BCUT2D eigenvalue weighted by Crippen LogP contribution is -1.89. The first kappa shape index (κ1) is 16.0. The van der Waals surface area contributed by atoms with E-state index in [1.807, 2.05) is 0 Å². The molecule has 2 aromatic carbocycles. The van der Waals surface area contributed by atoms with Gasteiger partial charge in [0.25, 0.3) is 0 Å². The Kier molecular flexibility index (Phi) is 3.96. The van der Waals surface area contributed by atoms with Crippen molar-refractivity contribution >= 4 is 0 Å². The maximum absolute atomic E-state index is 13.3. The second-order valence-electron chi connectivity index (χ2n) is 5.35. The highest BCUT2D eigenvalue weighted by molar-refractivity contribution is 5.54. The predicted octanol–water partition coefficient (Wildman–Crippen LogP) is 3.79. The fraction of sp³-hybridized carbons (Fsp3) is 0.0588. The van der Waals surface area contributed by atoms with Crippen LogP contribution in [0.2, 0.25) is 0 Å². The first-order valence-electron chi connectivity index (χ1n) is 7.44. The number of benzene rings is 2. The topological polar surface area (TPSA) is 77.8 Å². The molecule has 0 aliphatic carbocycles. The zero-order valence-corrected chi connectivity index (χ0v) is 13.0. The molecule has 0 aliphatic heterocycles. The smallest absolute Gasteiger partial charge is 0.247 e. The van der Waals surface area contributed by atoms with Gasteiger partial charge in [-0.25, -0.2) is 13.2 Å². The molecule has 9 heteroatoms. The maximum atomic E-state index is 13.3. The van der Waals surface area contributed by atoms with Crippen LogP contribution >= 0.6 is 0 Å². The van der Waals surface area contributed by atoms with Crippen molar-refractivity contribution in [1.29, 1.82) is 0 Å². The Morgan fingerprint density at radius 2 is 1.50 bits per heavy atom. The standard InChI is InChI=1S/C17H9F3N4O2/c18-11-3-1-9(2-4-11)16-21-14(26-24-16)8-15-22-23-17(25-15)10-5-12(19)7-13(20)6-10/h1-7H,8H2. The fourth-order valence-corrected chi connectivity index (χ4v) is 2.29. The normalized spacial score (nSPS) is 11.0. The molecule has 4 aromatic rings. The molecule has 0 saturated carbocycles. The molecule has 0 aliphatic rings. The largest absolute Gasteiger partial charge is 0.420 e. The summed E-state index contributed by atoms with van der Waals surface area (Å²) < 4.78 is 50.0. The van der Waals surface area contributed by atoms with Gasteiger partial charge in [-0.15, -0.1) is 10.2 Å². The van der Waals surface area contributed by atoms with Gasteiger partial charge in [-0.3, -0.25) is 0 Å². The van der Waals surface area contributed by atoms with Crippen molar-refractivity contribution in [3.8, 4) is 22.8 Å². The van der Waals surface area contributed by atoms with E-state index in [4.69, 9.17) is 8.94 Å². The van der Waals surface area contributed by atoms with E-state index in [9.17, 15) is 13.2 Å². The Morgan fingerprint density at radius 3 is 2.23 bits per heavy atom.